The van der Waals surface area contributed by atoms with Crippen LogP contribution in [0.1, 0.15) is 16.1 Å². The molecule has 0 aliphatic carbocycles. The molecule has 3 rings (SSSR count). The minimum absolute atomic E-state index is 0.118. The first-order valence-electron chi connectivity index (χ1n) is 5.66. The zero-order valence-corrected chi connectivity index (χ0v) is 10.5. The molecule has 0 aliphatic rings. The highest BCUT2D eigenvalue weighted by Gasteiger charge is 2.14. The van der Waals surface area contributed by atoms with Crippen LogP contribution in [0.3, 0.4) is 0 Å². The summed E-state index contributed by atoms with van der Waals surface area (Å²) in [5, 5.41) is 10.6. The van der Waals surface area contributed by atoms with Crippen LogP contribution >= 0.6 is 11.6 Å². The Balaban J connectivity index is 2.04. The van der Waals surface area contributed by atoms with Crippen molar-refractivity contribution in [2.24, 2.45) is 0 Å². The van der Waals surface area contributed by atoms with Crippen molar-refractivity contribution in [3.05, 3.63) is 64.9 Å². The SMILES string of the molecule is O=C(c1ccc(O)cc1)c1cc2cc(Cl)ccc2o1. The third-order valence-corrected chi connectivity index (χ3v) is 3.07. The summed E-state index contributed by atoms with van der Waals surface area (Å²) in [6.45, 7) is 0. The molecule has 1 N–H and O–H groups in total. The number of hydrogen-bond donors (Lipinski definition) is 1. The molecule has 0 saturated heterocycles. The van der Waals surface area contributed by atoms with Crippen LogP contribution in [0.25, 0.3) is 11.0 Å². The zero-order valence-electron chi connectivity index (χ0n) is 9.76. The molecule has 0 aliphatic heterocycles. The topological polar surface area (TPSA) is 50.4 Å². The Morgan fingerprint density at radius 2 is 1.79 bits per heavy atom. The van der Waals surface area contributed by atoms with Gasteiger partial charge in [0.1, 0.15) is 11.3 Å². The maximum absolute atomic E-state index is 12.2. The second kappa shape index (κ2) is 4.44. The molecule has 3 aromatic rings. The summed E-state index contributed by atoms with van der Waals surface area (Å²) >= 11 is 5.89. The van der Waals surface area contributed by atoms with Crippen molar-refractivity contribution in [2.75, 3.05) is 0 Å². The number of benzene rings is 2. The van der Waals surface area contributed by atoms with Gasteiger partial charge in [-0.05, 0) is 48.5 Å². The number of furan rings is 1. The predicted molar refractivity (Wildman–Crippen MR) is 72.8 cm³/mol. The Labute approximate surface area is 114 Å². The maximum Gasteiger partial charge on any atom is 0.228 e. The van der Waals surface area contributed by atoms with Gasteiger partial charge in [-0.25, -0.2) is 0 Å². The predicted octanol–water partition coefficient (Wildman–Crippen LogP) is 4.02. The van der Waals surface area contributed by atoms with Crippen LogP contribution < -0.4 is 0 Å². The van der Waals surface area contributed by atoms with Gasteiger partial charge in [0.15, 0.2) is 5.76 Å². The smallest absolute Gasteiger partial charge is 0.228 e. The molecule has 0 bridgehead atoms. The standard InChI is InChI=1S/C15H9ClO3/c16-11-3-6-13-10(7-11)8-14(19-13)15(18)9-1-4-12(17)5-2-9/h1-8,17H. The summed E-state index contributed by atoms with van der Waals surface area (Å²) in [7, 11) is 0. The molecule has 3 nitrogen and oxygen atoms in total. The van der Waals surface area contributed by atoms with E-state index in [-0.39, 0.29) is 17.3 Å². The molecule has 0 amide bonds. The molecule has 1 heterocycles. The van der Waals surface area contributed by atoms with Gasteiger partial charge >= 0.3 is 0 Å². The van der Waals surface area contributed by atoms with Crippen molar-refractivity contribution < 1.29 is 14.3 Å². The number of aromatic hydroxyl groups is 1. The molecule has 2 aromatic carbocycles. The van der Waals surface area contributed by atoms with Crippen molar-refractivity contribution in [3.8, 4) is 5.75 Å². The van der Waals surface area contributed by atoms with E-state index in [9.17, 15) is 9.90 Å². The molecule has 0 fully saturated rings. The highest BCUT2D eigenvalue weighted by molar-refractivity contribution is 6.31. The number of phenols is 1. The third kappa shape index (κ3) is 2.20. The molecule has 19 heavy (non-hydrogen) atoms. The number of carbonyl (C=O) groups is 1. The second-order valence-electron chi connectivity index (χ2n) is 4.17. The lowest BCUT2D eigenvalue weighted by atomic mass is 10.1. The Hall–Kier alpha value is -2.26. The highest BCUT2D eigenvalue weighted by Crippen LogP contribution is 2.24. The van der Waals surface area contributed by atoms with Crippen LogP contribution in [0.15, 0.2) is 52.9 Å². The average molecular weight is 273 g/mol. The van der Waals surface area contributed by atoms with E-state index in [4.69, 9.17) is 16.0 Å². The summed E-state index contributed by atoms with van der Waals surface area (Å²) in [5.41, 5.74) is 1.08. The first-order valence-corrected chi connectivity index (χ1v) is 6.04. The van der Waals surface area contributed by atoms with Gasteiger partial charge in [0, 0.05) is 16.0 Å². The van der Waals surface area contributed by atoms with E-state index in [2.05, 4.69) is 0 Å². The van der Waals surface area contributed by atoms with Crippen molar-refractivity contribution in [3.63, 3.8) is 0 Å². The molecule has 0 radical (unpaired) electrons. The fourth-order valence-electron chi connectivity index (χ4n) is 1.88. The van der Waals surface area contributed by atoms with Crippen molar-refractivity contribution >= 4 is 28.4 Å². The normalized spacial score (nSPS) is 10.8. The second-order valence-corrected chi connectivity index (χ2v) is 4.61. The number of ketones is 1. The monoisotopic (exact) mass is 272 g/mol. The van der Waals surface area contributed by atoms with Crippen LogP contribution in [-0.2, 0) is 0 Å². The first-order chi connectivity index (χ1) is 9.13. The Morgan fingerprint density at radius 1 is 1.05 bits per heavy atom. The van der Waals surface area contributed by atoms with Crippen molar-refractivity contribution in [2.45, 2.75) is 0 Å². The van der Waals surface area contributed by atoms with E-state index in [1.165, 1.54) is 12.1 Å². The van der Waals surface area contributed by atoms with Crippen molar-refractivity contribution in [1.82, 2.24) is 0 Å². The molecule has 4 heteroatoms. The van der Waals surface area contributed by atoms with Crippen LogP contribution in [0.5, 0.6) is 5.75 Å². The van der Waals surface area contributed by atoms with Crippen molar-refractivity contribution in [1.29, 1.82) is 0 Å². The summed E-state index contributed by atoms with van der Waals surface area (Å²) in [5.74, 6) is 0.142. The van der Waals surface area contributed by atoms with Gasteiger partial charge < -0.3 is 9.52 Å². The fourth-order valence-corrected chi connectivity index (χ4v) is 2.06. The van der Waals surface area contributed by atoms with Gasteiger partial charge in [0.2, 0.25) is 5.78 Å². The van der Waals surface area contributed by atoms with Gasteiger partial charge in [0.05, 0.1) is 0 Å². The van der Waals surface area contributed by atoms with Gasteiger partial charge in [-0.15, -0.1) is 0 Å². The van der Waals surface area contributed by atoms with E-state index in [1.54, 1.807) is 36.4 Å². The number of fused-ring (bicyclic) bond motifs is 1. The molecule has 1 aromatic heterocycles. The Morgan fingerprint density at radius 3 is 2.53 bits per heavy atom. The minimum Gasteiger partial charge on any atom is -0.508 e. The summed E-state index contributed by atoms with van der Waals surface area (Å²) < 4.78 is 5.50. The quantitative estimate of drug-likeness (QED) is 0.717. The van der Waals surface area contributed by atoms with E-state index in [0.717, 1.165) is 5.39 Å². The highest BCUT2D eigenvalue weighted by atomic mass is 35.5. The lowest BCUT2D eigenvalue weighted by Crippen LogP contribution is -1.98. The first kappa shape index (κ1) is 11.8. The van der Waals surface area contributed by atoms with E-state index in [0.29, 0.717) is 16.2 Å². The number of hydrogen-bond acceptors (Lipinski definition) is 3. The van der Waals surface area contributed by atoms with Crippen LogP contribution in [0, 0.1) is 0 Å². The molecular weight excluding hydrogens is 264 g/mol. The van der Waals surface area contributed by atoms with Gasteiger partial charge in [0.25, 0.3) is 0 Å². The molecule has 94 valence electrons. The Bertz CT molecular complexity index is 757. The van der Waals surface area contributed by atoms with E-state index < -0.39 is 0 Å². The maximum atomic E-state index is 12.2. The largest absolute Gasteiger partial charge is 0.508 e. The minimum atomic E-state index is -0.229. The van der Waals surface area contributed by atoms with E-state index in [1.807, 2.05) is 0 Å². The van der Waals surface area contributed by atoms with Gasteiger partial charge in [-0.1, -0.05) is 11.6 Å². The lowest BCUT2D eigenvalue weighted by molar-refractivity contribution is 0.101. The third-order valence-electron chi connectivity index (χ3n) is 2.83. The summed E-state index contributed by atoms with van der Waals surface area (Å²) in [6.07, 6.45) is 0. The van der Waals surface area contributed by atoms with Gasteiger partial charge in [-0.2, -0.15) is 0 Å². The van der Waals surface area contributed by atoms with Crippen LogP contribution in [-0.4, -0.2) is 10.9 Å². The Kier molecular flexibility index (Phi) is 2.76. The number of phenolic OH excluding ortho intramolecular Hbond substituents is 1. The molecule has 0 spiro atoms. The molecule has 0 saturated carbocycles. The zero-order chi connectivity index (χ0) is 13.4. The lowest BCUT2D eigenvalue weighted by Gasteiger charge is -1.97. The molecule has 0 unspecified atom stereocenters. The van der Waals surface area contributed by atoms with Gasteiger partial charge in [-0.3, -0.25) is 4.79 Å². The molecule has 0 atom stereocenters. The summed E-state index contributed by atoms with van der Waals surface area (Å²) in [4.78, 5) is 12.2. The number of rotatable bonds is 2. The average Bonchev–Trinajstić information content (AvgIpc) is 2.81. The number of halogens is 1. The summed E-state index contributed by atoms with van der Waals surface area (Å²) in [6, 6.07) is 12.9. The van der Waals surface area contributed by atoms with E-state index >= 15 is 0 Å². The molecular formula is C15H9ClO3. The number of carbonyl (C=O) groups excluding carboxylic acids is 1. The fraction of sp³-hybridized carbons (Fsp3) is 0. The van der Waals surface area contributed by atoms with Crippen LogP contribution in [0.2, 0.25) is 5.02 Å². The van der Waals surface area contributed by atoms with Crippen LogP contribution in [0.4, 0.5) is 0 Å².